The van der Waals surface area contributed by atoms with E-state index in [-0.39, 0.29) is 23.9 Å². The second-order valence-electron chi connectivity index (χ2n) is 5.27. The van der Waals surface area contributed by atoms with Gasteiger partial charge in [0.25, 0.3) is 5.69 Å². The number of nitro groups is 1. The number of nitro benzene ring substituents is 1. The van der Waals surface area contributed by atoms with E-state index in [1.807, 2.05) is 0 Å². The standard InChI is InChI=1S/C15H18N2O6/c1-22-15(19)13(16-14(18)11-6-7-23-9-11)8-10-2-4-12(5-3-10)17(20)21/h2-5,11,13H,6-9H2,1H3,(H,16,18)/t11-,13+/m0/s1. The van der Waals surface area contributed by atoms with Crippen molar-refractivity contribution in [3.05, 3.63) is 39.9 Å². The average molecular weight is 322 g/mol. The monoisotopic (exact) mass is 322 g/mol. The van der Waals surface area contributed by atoms with Gasteiger partial charge in [0.05, 0.1) is 24.6 Å². The summed E-state index contributed by atoms with van der Waals surface area (Å²) in [7, 11) is 1.25. The molecule has 8 nitrogen and oxygen atoms in total. The summed E-state index contributed by atoms with van der Waals surface area (Å²) in [5.74, 6) is -1.07. The van der Waals surface area contributed by atoms with Gasteiger partial charge in [0.1, 0.15) is 6.04 Å². The Balaban J connectivity index is 2.04. The van der Waals surface area contributed by atoms with Gasteiger partial charge < -0.3 is 14.8 Å². The predicted octanol–water partition coefficient (Wildman–Crippen LogP) is 0.832. The normalized spacial score (nSPS) is 18.2. The number of carbonyl (C=O) groups excluding carboxylic acids is 2. The van der Waals surface area contributed by atoms with Crippen LogP contribution in [0.5, 0.6) is 0 Å². The highest BCUT2D eigenvalue weighted by Gasteiger charge is 2.28. The zero-order valence-electron chi connectivity index (χ0n) is 12.7. The molecule has 8 heteroatoms. The van der Waals surface area contributed by atoms with Crippen molar-refractivity contribution < 1.29 is 24.0 Å². The molecular weight excluding hydrogens is 304 g/mol. The summed E-state index contributed by atoms with van der Waals surface area (Å²) in [6.45, 7) is 0.876. The SMILES string of the molecule is COC(=O)[C@@H](Cc1ccc([N+](=O)[O-])cc1)NC(=O)[C@H]1CCOC1. The topological polar surface area (TPSA) is 108 Å². The van der Waals surface area contributed by atoms with Crippen molar-refractivity contribution in [2.75, 3.05) is 20.3 Å². The third kappa shape index (κ3) is 4.49. The number of amides is 1. The van der Waals surface area contributed by atoms with Gasteiger partial charge in [-0.25, -0.2) is 4.79 Å². The molecule has 0 spiro atoms. The Morgan fingerprint density at radius 3 is 2.65 bits per heavy atom. The van der Waals surface area contributed by atoms with E-state index in [9.17, 15) is 19.7 Å². The lowest BCUT2D eigenvalue weighted by molar-refractivity contribution is -0.384. The van der Waals surface area contributed by atoms with E-state index in [0.29, 0.717) is 25.2 Å². The van der Waals surface area contributed by atoms with Gasteiger partial charge in [-0.2, -0.15) is 0 Å². The third-order valence-electron chi connectivity index (χ3n) is 3.69. The van der Waals surface area contributed by atoms with Crippen LogP contribution in [0.3, 0.4) is 0 Å². The number of nitrogens with one attached hydrogen (secondary N) is 1. The maximum absolute atomic E-state index is 12.1. The van der Waals surface area contributed by atoms with Crippen LogP contribution in [0.25, 0.3) is 0 Å². The molecule has 0 saturated carbocycles. The molecule has 1 aromatic rings. The second-order valence-corrected chi connectivity index (χ2v) is 5.27. The Hall–Kier alpha value is -2.48. The lowest BCUT2D eigenvalue weighted by atomic mass is 10.0. The number of non-ortho nitro benzene ring substituents is 1. The zero-order chi connectivity index (χ0) is 16.8. The summed E-state index contributed by atoms with van der Waals surface area (Å²) in [5, 5.41) is 13.3. The van der Waals surface area contributed by atoms with Crippen molar-refractivity contribution >= 4 is 17.6 Å². The number of benzene rings is 1. The molecule has 2 atom stereocenters. The number of carbonyl (C=O) groups is 2. The first-order valence-electron chi connectivity index (χ1n) is 7.20. The molecule has 1 heterocycles. The van der Waals surface area contributed by atoms with E-state index < -0.39 is 16.9 Å². The van der Waals surface area contributed by atoms with E-state index in [1.54, 1.807) is 12.1 Å². The summed E-state index contributed by atoms with van der Waals surface area (Å²) >= 11 is 0. The van der Waals surface area contributed by atoms with Gasteiger partial charge in [0.2, 0.25) is 5.91 Å². The van der Waals surface area contributed by atoms with Crippen molar-refractivity contribution in [1.29, 1.82) is 0 Å². The molecule has 1 aromatic carbocycles. The van der Waals surface area contributed by atoms with Crippen molar-refractivity contribution in [1.82, 2.24) is 5.32 Å². The van der Waals surface area contributed by atoms with Crippen LogP contribution in [-0.2, 0) is 25.5 Å². The fraction of sp³-hybridized carbons (Fsp3) is 0.467. The van der Waals surface area contributed by atoms with Gasteiger partial charge in [0.15, 0.2) is 0 Å². The lowest BCUT2D eigenvalue weighted by Gasteiger charge is -2.18. The number of methoxy groups -OCH3 is 1. The van der Waals surface area contributed by atoms with Crippen LogP contribution in [0.2, 0.25) is 0 Å². The summed E-state index contributed by atoms with van der Waals surface area (Å²) in [5.41, 5.74) is 0.657. The van der Waals surface area contributed by atoms with Gasteiger partial charge in [-0.15, -0.1) is 0 Å². The number of hydrogen-bond donors (Lipinski definition) is 1. The van der Waals surface area contributed by atoms with Crippen molar-refractivity contribution in [3.63, 3.8) is 0 Å². The molecule has 0 bridgehead atoms. The minimum Gasteiger partial charge on any atom is -0.467 e. The number of rotatable bonds is 6. The minimum atomic E-state index is -0.838. The van der Waals surface area contributed by atoms with Crippen molar-refractivity contribution in [2.45, 2.75) is 18.9 Å². The lowest BCUT2D eigenvalue weighted by Crippen LogP contribution is -2.45. The molecule has 1 fully saturated rings. The first kappa shape index (κ1) is 16.9. The fourth-order valence-corrected chi connectivity index (χ4v) is 2.36. The first-order chi connectivity index (χ1) is 11.0. The molecule has 1 aliphatic heterocycles. The molecule has 2 rings (SSSR count). The third-order valence-corrected chi connectivity index (χ3v) is 3.69. The number of ether oxygens (including phenoxy) is 2. The Labute approximate surface area is 132 Å². The molecule has 23 heavy (non-hydrogen) atoms. The van der Waals surface area contributed by atoms with Crippen LogP contribution in [0.1, 0.15) is 12.0 Å². The van der Waals surface area contributed by atoms with Gasteiger partial charge >= 0.3 is 5.97 Å². The first-order valence-corrected chi connectivity index (χ1v) is 7.20. The Morgan fingerprint density at radius 1 is 1.43 bits per heavy atom. The maximum atomic E-state index is 12.1. The van der Waals surface area contributed by atoms with Crippen LogP contribution in [-0.4, -0.2) is 43.2 Å². The van der Waals surface area contributed by atoms with Gasteiger partial charge in [0, 0.05) is 25.2 Å². The van der Waals surface area contributed by atoms with Gasteiger partial charge in [-0.1, -0.05) is 12.1 Å². The number of nitrogens with zero attached hydrogens (tertiary/aromatic N) is 1. The zero-order valence-corrected chi connectivity index (χ0v) is 12.7. The molecule has 1 amide bonds. The molecule has 0 aliphatic carbocycles. The van der Waals surface area contributed by atoms with Crippen LogP contribution in [0.4, 0.5) is 5.69 Å². The van der Waals surface area contributed by atoms with E-state index in [4.69, 9.17) is 9.47 Å². The van der Waals surface area contributed by atoms with Crippen molar-refractivity contribution in [2.24, 2.45) is 5.92 Å². The smallest absolute Gasteiger partial charge is 0.328 e. The van der Waals surface area contributed by atoms with Crippen LogP contribution < -0.4 is 5.32 Å². The molecule has 0 aromatic heterocycles. The number of hydrogen-bond acceptors (Lipinski definition) is 6. The summed E-state index contributed by atoms with van der Waals surface area (Å²) < 4.78 is 9.88. The fourth-order valence-electron chi connectivity index (χ4n) is 2.36. The molecule has 0 unspecified atom stereocenters. The largest absolute Gasteiger partial charge is 0.467 e. The molecule has 124 valence electrons. The summed E-state index contributed by atoms with van der Waals surface area (Å²) in [6, 6.07) is 4.99. The van der Waals surface area contributed by atoms with E-state index in [2.05, 4.69) is 5.32 Å². The predicted molar refractivity (Wildman–Crippen MR) is 79.7 cm³/mol. The minimum absolute atomic E-state index is 0.0319. The highest BCUT2D eigenvalue weighted by atomic mass is 16.6. The summed E-state index contributed by atoms with van der Waals surface area (Å²) in [6.07, 6.45) is 0.821. The van der Waals surface area contributed by atoms with Crippen LogP contribution >= 0.6 is 0 Å². The Bertz CT molecular complexity index is 580. The molecule has 1 aliphatic rings. The Kier molecular flexibility index (Phi) is 5.64. The Morgan fingerprint density at radius 2 is 2.13 bits per heavy atom. The van der Waals surface area contributed by atoms with E-state index in [0.717, 1.165) is 0 Å². The molecule has 1 N–H and O–H groups in total. The highest BCUT2D eigenvalue weighted by molar-refractivity contribution is 5.86. The van der Waals surface area contributed by atoms with E-state index >= 15 is 0 Å². The molecule has 0 radical (unpaired) electrons. The highest BCUT2D eigenvalue weighted by Crippen LogP contribution is 2.15. The molecular formula is C15H18N2O6. The average Bonchev–Trinajstić information content (AvgIpc) is 3.08. The quantitative estimate of drug-likeness (QED) is 0.472. The van der Waals surface area contributed by atoms with E-state index in [1.165, 1.54) is 19.2 Å². The van der Waals surface area contributed by atoms with Crippen LogP contribution in [0.15, 0.2) is 24.3 Å². The van der Waals surface area contributed by atoms with Gasteiger partial charge in [-0.3, -0.25) is 14.9 Å². The molecule has 1 saturated heterocycles. The van der Waals surface area contributed by atoms with Crippen molar-refractivity contribution in [3.8, 4) is 0 Å². The number of esters is 1. The second kappa shape index (κ2) is 7.68. The van der Waals surface area contributed by atoms with Crippen LogP contribution in [0, 0.1) is 16.0 Å². The maximum Gasteiger partial charge on any atom is 0.328 e. The van der Waals surface area contributed by atoms with Gasteiger partial charge in [-0.05, 0) is 12.0 Å². The summed E-state index contributed by atoms with van der Waals surface area (Å²) in [4.78, 5) is 34.1.